The fraction of sp³-hybridized carbons (Fsp3) is 0.943. The highest BCUT2D eigenvalue weighted by molar-refractivity contribution is 5.69. The Labute approximate surface area is 903 Å². The Morgan fingerprint density at radius 2 is 0.552 bits per heavy atom. The van der Waals surface area contributed by atoms with Crippen molar-refractivity contribution < 1.29 is 71.1 Å². The highest BCUT2D eigenvalue weighted by Gasteiger charge is 2.23. The van der Waals surface area contributed by atoms with Crippen LogP contribution in [0.2, 0.25) is 0 Å². The molecule has 872 valence electrons. The molecule has 0 aliphatic carbocycles. The SMILES string of the molecule is CC(C)C.CC(C)OC(=O)CCCc1ccccc1.CC(C)OCCCN1CCCCC1C.CC(C)OCCCN1CCCC[C@@H]1C.CC(C)OCCCN1CCCC[C@H]1C.CC(C)OCCCN1CCC[C@@H](C)C1.CC(C)OCCCN1CCC[C@H](C)C1.CC(C)OCCN1CCCCC1.CC1CCCN(CCCOC(C)C)C1.CCCCOC(C)C.COC(C)C.COCCCOC(C)C.COCCOC(C)C. The summed E-state index contributed by atoms with van der Waals surface area (Å²) in [6.45, 7) is 105. The van der Waals surface area contributed by atoms with Crippen molar-refractivity contribution in [1.82, 2.24) is 34.3 Å². The number of nitrogens with zero attached hydrogens (tertiary/aromatic N) is 7. The first kappa shape index (κ1) is 151. The normalized spacial score (nSPS) is 19.3. The van der Waals surface area contributed by atoms with Crippen LogP contribution in [0, 0.1) is 23.7 Å². The molecule has 7 heterocycles. The number of carbonyl (C=O) groups excluding carboxylic acids is 1. The van der Waals surface area contributed by atoms with E-state index < -0.39 is 0 Å². The number of likely N-dealkylation sites (tertiary alicyclic amines) is 7. The van der Waals surface area contributed by atoms with E-state index in [4.69, 9.17) is 66.3 Å². The predicted octanol–water partition coefficient (Wildman–Crippen LogP) is 27.9. The first-order valence-corrected chi connectivity index (χ1v) is 59.9. The van der Waals surface area contributed by atoms with Crippen LogP contribution in [-0.2, 0) is 77.5 Å². The molecule has 0 N–H and O–H groups in total. The first-order valence-electron chi connectivity index (χ1n) is 59.9. The van der Waals surface area contributed by atoms with Gasteiger partial charge >= 0.3 is 5.97 Å². The Balaban J connectivity index is -0.000000494. The average Bonchev–Trinajstić information content (AvgIpc) is 0.906. The average molecular weight is 2070 g/mol. The number of rotatable bonds is 53. The van der Waals surface area contributed by atoms with Crippen molar-refractivity contribution in [3.05, 3.63) is 35.9 Å². The van der Waals surface area contributed by atoms with E-state index in [1.54, 1.807) is 21.3 Å². The summed E-state index contributed by atoms with van der Waals surface area (Å²) in [6.07, 6.45) is 42.1. The summed E-state index contributed by atoms with van der Waals surface area (Å²) in [5.41, 5.74) is 1.27. The number of aryl methyl sites for hydroxylation is 1. The second kappa shape index (κ2) is 109. The quantitative estimate of drug-likeness (QED) is 0.0445. The third kappa shape index (κ3) is 119. The van der Waals surface area contributed by atoms with E-state index in [0.717, 1.165) is 134 Å². The van der Waals surface area contributed by atoms with Gasteiger partial charge in [-0.1, -0.05) is 111 Å². The van der Waals surface area contributed by atoms with Gasteiger partial charge in [0.15, 0.2) is 0 Å². The number of methoxy groups -OCH3 is 3. The summed E-state index contributed by atoms with van der Waals surface area (Å²) >= 11 is 0. The van der Waals surface area contributed by atoms with E-state index in [2.05, 4.69) is 226 Å². The summed E-state index contributed by atoms with van der Waals surface area (Å²) in [6, 6.07) is 12.6. The van der Waals surface area contributed by atoms with Crippen LogP contribution >= 0.6 is 0 Å². The lowest BCUT2D eigenvalue weighted by Gasteiger charge is -2.33. The van der Waals surface area contributed by atoms with Crippen LogP contribution in [0.15, 0.2) is 30.3 Å². The molecule has 0 saturated carbocycles. The van der Waals surface area contributed by atoms with E-state index in [9.17, 15) is 4.79 Å². The number of piperidine rings is 7. The Morgan fingerprint density at radius 3 is 0.828 bits per heavy atom. The van der Waals surface area contributed by atoms with E-state index in [1.165, 1.54) is 284 Å². The van der Waals surface area contributed by atoms with Gasteiger partial charge in [-0.25, -0.2) is 0 Å². The van der Waals surface area contributed by atoms with Gasteiger partial charge in [0.05, 0.1) is 93.1 Å². The van der Waals surface area contributed by atoms with Crippen molar-refractivity contribution in [3.8, 4) is 0 Å². The third-order valence-electron chi connectivity index (χ3n) is 24.8. The van der Waals surface area contributed by atoms with Crippen molar-refractivity contribution in [2.75, 3.05) is 218 Å². The Hall–Kier alpha value is -2.11. The van der Waals surface area contributed by atoms with E-state index >= 15 is 0 Å². The Morgan fingerprint density at radius 1 is 0.276 bits per heavy atom. The molecule has 22 nitrogen and oxygen atoms in total. The van der Waals surface area contributed by atoms with Gasteiger partial charge in [-0.2, -0.15) is 0 Å². The monoisotopic (exact) mass is 2070 g/mol. The fourth-order valence-corrected chi connectivity index (χ4v) is 16.9. The molecule has 8 rings (SSSR count). The standard InChI is InChI=1S/C13H18O2.6C12H25NO.C10H21NO.C7H16O2.C7H16O.C6H14O2.C4H10O.C4H10/c1-11(2)15-13(14)10-6-9-12-7-4-3-5-8-12;3*1-11(2)14-9-5-8-13-7-4-6-12(3)10-13;3*1-11(2)14-10-6-9-13-8-5-4-7-12(13)3;1-10(2)12-9-8-11-6-4-3-5-7-11;1-7(2)9-6-4-5-8-3;1-4-5-6-8-7(2)3;1-6(2)8-5-4-7-3;1-4(2)5-3;1-4(2)3/h3-5,7-8,11H,6,9-10H2,1-2H3;6*11-12H,4-10H2,1-3H3;10H,3-9H2,1-2H3;7H,4-6H2,1-3H3;7H,4-6H2,1-3H3;6H,4-5H2,1-3H3;4H,1-3H3;4H,1-3H3/t;2*12-;;2*12-;;;;;;;/m.10.10......./s1. The van der Waals surface area contributed by atoms with Gasteiger partial charge in [-0.15, -0.1) is 0 Å². The molecule has 2 unspecified atom stereocenters. The number of benzene rings is 1. The van der Waals surface area contributed by atoms with E-state index in [1.807, 2.05) is 73.6 Å². The fourth-order valence-electron chi connectivity index (χ4n) is 16.9. The number of ether oxygens (including phenoxy) is 14. The van der Waals surface area contributed by atoms with Gasteiger partial charge in [0.25, 0.3) is 0 Å². The number of hydrogen-bond donors (Lipinski definition) is 0. The van der Waals surface area contributed by atoms with Crippen molar-refractivity contribution in [3.63, 3.8) is 0 Å². The largest absolute Gasteiger partial charge is 0.463 e. The molecule has 145 heavy (non-hydrogen) atoms. The molecule has 7 aliphatic heterocycles. The van der Waals surface area contributed by atoms with Crippen LogP contribution in [0.5, 0.6) is 0 Å². The second-order valence-corrected chi connectivity index (χ2v) is 45.6. The summed E-state index contributed by atoms with van der Waals surface area (Å²) in [7, 11) is 5.07. The molecule has 7 saturated heterocycles. The molecule has 1 aromatic rings. The Bertz CT molecular complexity index is 2500. The lowest BCUT2D eigenvalue weighted by molar-refractivity contribution is -0.147. The minimum absolute atomic E-state index is 0.00535. The smallest absolute Gasteiger partial charge is 0.306 e. The molecule has 7 fully saturated rings. The van der Waals surface area contributed by atoms with Crippen LogP contribution in [0.3, 0.4) is 0 Å². The number of carbonyl (C=O) groups is 1. The Kier molecular flexibility index (Phi) is 114. The van der Waals surface area contributed by atoms with Gasteiger partial charge < -0.3 is 101 Å². The zero-order valence-corrected chi connectivity index (χ0v) is 104. The van der Waals surface area contributed by atoms with Crippen LogP contribution in [0.1, 0.15) is 427 Å². The van der Waals surface area contributed by atoms with Crippen LogP contribution in [-0.4, -0.2) is 350 Å². The summed E-state index contributed by atoms with van der Waals surface area (Å²) in [5.74, 6) is 3.43. The molecule has 7 aliphatic rings. The highest BCUT2D eigenvalue weighted by atomic mass is 16.5. The molecule has 0 radical (unpaired) electrons. The molecule has 0 spiro atoms. The van der Waals surface area contributed by atoms with Gasteiger partial charge in [-0.3, -0.25) is 4.79 Å². The van der Waals surface area contributed by atoms with Gasteiger partial charge in [-0.05, 0) is 423 Å². The number of hydrogen-bond acceptors (Lipinski definition) is 22. The molecule has 0 aromatic heterocycles. The molecule has 0 bridgehead atoms. The summed E-state index contributed by atoms with van der Waals surface area (Å²) in [5, 5.41) is 0. The van der Waals surface area contributed by atoms with E-state index in [-0.39, 0.29) is 12.1 Å². The lowest BCUT2D eigenvalue weighted by atomic mass is 10.0. The first-order chi connectivity index (χ1) is 68.9. The maximum Gasteiger partial charge on any atom is 0.306 e. The van der Waals surface area contributed by atoms with E-state index in [0.29, 0.717) is 86.8 Å². The summed E-state index contributed by atoms with van der Waals surface area (Å²) < 4.78 is 73.8. The highest BCUT2D eigenvalue weighted by Crippen LogP contribution is 2.22. The zero-order valence-electron chi connectivity index (χ0n) is 104. The van der Waals surface area contributed by atoms with Crippen LogP contribution in [0.25, 0.3) is 0 Å². The minimum Gasteiger partial charge on any atom is -0.463 e. The molecular weight excluding hydrogens is 1820 g/mol. The maximum atomic E-state index is 11.2. The zero-order chi connectivity index (χ0) is 110. The van der Waals surface area contributed by atoms with Crippen molar-refractivity contribution in [2.45, 2.75) is 519 Å². The number of esters is 1. The summed E-state index contributed by atoms with van der Waals surface area (Å²) in [4.78, 5) is 29.3. The molecule has 0 amide bonds. The van der Waals surface area contributed by atoms with Crippen LogP contribution in [0.4, 0.5) is 0 Å². The number of unbranched alkanes of at least 4 members (excludes halogenated alkanes) is 1. The maximum absolute atomic E-state index is 11.2. The second-order valence-electron chi connectivity index (χ2n) is 45.6. The topological polar surface area (TPSA) is 169 Å². The molecule has 6 atom stereocenters. The van der Waals surface area contributed by atoms with Gasteiger partial charge in [0.1, 0.15) is 0 Å². The van der Waals surface area contributed by atoms with Gasteiger partial charge in [0, 0.05) is 171 Å². The lowest BCUT2D eigenvalue weighted by Crippen LogP contribution is -2.38. The third-order valence-corrected chi connectivity index (χ3v) is 24.8. The van der Waals surface area contributed by atoms with Crippen molar-refractivity contribution >= 4 is 5.97 Å². The molecule has 1 aromatic carbocycles. The predicted molar refractivity (Wildman–Crippen MR) is 625 cm³/mol. The van der Waals surface area contributed by atoms with Crippen LogP contribution < -0.4 is 0 Å². The van der Waals surface area contributed by atoms with Gasteiger partial charge in [0.2, 0.25) is 0 Å². The van der Waals surface area contributed by atoms with Crippen molar-refractivity contribution in [1.29, 1.82) is 0 Å². The molecular formula is C123H255N7O15. The molecule has 22 heteroatoms. The minimum atomic E-state index is -0.0964. The van der Waals surface area contributed by atoms with Crippen molar-refractivity contribution in [2.24, 2.45) is 23.7 Å².